The fourth-order valence-electron chi connectivity index (χ4n) is 6.64. The van der Waals surface area contributed by atoms with Gasteiger partial charge in [0.15, 0.2) is 0 Å². The second kappa shape index (κ2) is 41.7. The molecule has 0 fully saturated rings. The van der Waals surface area contributed by atoms with Gasteiger partial charge in [0, 0.05) is 5.92 Å². The van der Waals surface area contributed by atoms with Crippen molar-refractivity contribution in [2.45, 2.75) is 239 Å². The van der Waals surface area contributed by atoms with E-state index in [0.717, 1.165) is 19.3 Å². The molecule has 0 saturated heterocycles. The molecule has 0 heterocycles. The third kappa shape index (κ3) is 45.2. The molecular weight excluding hydrogens is 628 g/mol. The van der Waals surface area contributed by atoms with Crippen molar-refractivity contribution in [3.05, 3.63) is 12.2 Å². The van der Waals surface area contributed by atoms with Gasteiger partial charge in [0.25, 0.3) is 0 Å². The summed E-state index contributed by atoms with van der Waals surface area (Å²) in [5, 5.41) is 0. The summed E-state index contributed by atoms with van der Waals surface area (Å²) in [7, 11) is -4.63. The minimum absolute atomic E-state index is 0. The van der Waals surface area contributed by atoms with E-state index < -0.39 is 10.4 Å². The van der Waals surface area contributed by atoms with Gasteiger partial charge in [-0.05, 0) is 19.3 Å². The molecule has 0 aromatic heterocycles. The molecule has 276 valence electrons. The Morgan fingerprint density at radius 1 is 0.468 bits per heavy atom. The molecule has 0 aliphatic heterocycles. The molecule has 6 heteroatoms. The number of hydrogen-bond donors (Lipinski definition) is 0. The maximum atomic E-state index is 11.0. The van der Waals surface area contributed by atoms with Gasteiger partial charge in [-0.15, -0.1) is 0 Å². The Balaban J connectivity index is 0. The van der Waals surface area contributed by atoms with E-state index in [1.807, 2.05) is 0 Å². The summed E-state index contributed by atoms with van der Waals surface area (Å²) in [6.07, 6.45) is 51.2. The predicted molar refractivity (Wildman–Crippen MR) is 201 cm³/mol. The van der Waals surface area contributed by atoms with E-state index in [-0.39, 0.29) is 63.9 Å². The largest absolute Gasteiger partial charge is 1.00 e. The Kier molecular flexibility index (Phi) is 44.6. The van der Waals surface area contributed by atoms with Crippen molar-refractivity contribution < 1.29 is 68.5 Å². The third-order valence-electron chi connectivity index (χ3n) is 9.74. The van der Waals surface area contributed by atoms with Gasteiger partial charge in [-0.25, -0.2) is 8.42 Å². The van der Waals surface area contributed by atoms with Crippen LogP contribution in [0.15, 0.2) is 12.2 Å². The SMILES string of the molecule is CCCCCCCCCCCCCCCCCCCC/C=C/C(CCCCCCCCCCCCCCCCC)COS(=O)(=O)[O-].[K+]. The molecule has 4 nitrogen and oxygen atoms in total. The summed E-state index contributed by atoms with van der Waals surface area (Å²) in [6.45, 7) is 4.55. The molecule has 0 radical (unpaired) electrons. The standard InChI is InChI=1S/C41H82O4S.K/c1-3-5-7-9-11-13-15-17-19-20-21-22-23-25-27-29-31-33-35-37-39-41(40-45-46(42,43)44)38-36-34-32-30-28-26-24-18-16-14-12-10-8-6-4-2;/h37,39,41H,3-36,38,40H2,1-2H3,(H,42,43,44);/q;+1/p-1/b39-37+;. The monoisotopic (exact) mass is 709 g/mol. The van der Waals surface area contributed by atoms with E-state index in [1.54, 1.807) is 0 Å². The average molecular weight is 709 g/mol. The van der Waals surface area contributed by atoms with Gasteiger partial charge in [0.1, 0.15) is 0 Å². The second-order valence-electron chi connectivity index (χ2n) is 14.4. The first kappa shape index (κ1) is 50.4. The molecule has 0 aromatic rings. The molecule has 0 aliphatic carbocycles. The van der Waals surface area contributed by atoms with Crippen LogP contribution >= 0.6 is 0 Å². The van der Waals surface area contributed by atoms with E-state index in [2.05, 4.69) is 30.2 Å². The van der Waals surface area contributed by atoms with Crippen molar-refractivity contribution in [2.75, 3.05) is 6.61 Å². The molecule has 0 saturated carbocycles. The molecule has 0 bridgehead atoms. The van der Waals surface area contributed by atoms with Crippen molar-refractivity contribution in [2.24, 2.45) is 5.92 Å². The molecule has 0 aliphatic rings. The van der Waals surface area contributed by atoms with Crippen LogP contribution in [-0.4, -0.2) is 19.6 Å². The minimum Gasteiger partial charge on any atom is -0.726 e. The van der Waals surface area contributed by atoms with E-state index in [4.69, 9.17) is 0 Å². The Hall–Kier alpha value is 1.25. The van der Waals surface area contributed by atoms with Crippen LogP contribution in [0.2, 0.25) is 0 Å². The van der Waals surface area contributed by atoms with Crippen molar-refractivity contribution in [1.82, 2.24) is 0 Å². The maximum Gasteiger partial charge on any atom is 1.00 e. The van der Waals surface area contributed by atoms with Crippen LogP contribution in [0, 0.1) is 5.92 Å². The Bertz CT molecular complexity index is 712. The van der Waals surface area contributed by atoms with Crippen LogP contribution in [0.1, 0.15) is 239 Å². The molecular formula is C41H81KO4S. The van der Waals surface area contributed by atoms with Crippen molar-refractivity contribution in [3.8, 4) is 0 Å². The average Bonchev–Trinajstić information content (AvgIpc) is 3.03. The molecule has 0 amide bonds. The van der Waals surface area contributed by atoms with Crippen LogP contribution in [0.4, 0.5) is 0 Å². The minimum atomic E-state index is -4.63. The molecule has 0 rings (SSSR count). The van der Waals surface area contributed by atoms with Crippen LogP contribution in [0.3, 0.4) is 0 Å². The predicted octanol–water partition coefficient (Wildman–Crippen LogP) is 11.3. The summed E-state index contributed by atoms with van der Waals surface area (Å²) < 4.78 is 37.6. The summed E-state index contributed by atoms with van der Waals surface area (Å²) in [5.41, 5.74) is 0. The zero-order valence-corrected chi connectivity index (χ0v) is 36.2. The smallest absolute Gasteiger partial charge is 0.726 e. The normalized spacial score (nSPS) is 12.6. The van der Waals surface area contributed by atoms with Gasteiger partial charge in [0.05, 0.1) is 6.61 Å². The number of unbranched alkanes of at least 4 members (excludes halogenated alkanes) is 32. The first-order chi connectivity index (χ1) is 22.5. The van der Waals surface area contributed by atoms with E-state index in [9.17, 15) is 13.0 Å². The fourth-order valence-corrected chi connectivity index (χ4v) is 6.98. The molecule has 1 unspecified atom stereocenters. The Morgan fingerprint density at radius 3 is 1.04 bits per heavy atom. The first-order valence-corrected chi connectivity index (χ1v) is 22.1. The molecule has 0 N–H and O–H groups in total. The number of rotatable bonds is 39. The van der Waals surface area contributed by atoms with Crippen molar-refractivity contribution in [1.29, 1.82) is 0 Å². The molecule has 0 spiro atoms. The van der Waals surface area contributed by atoms with Crippen molar-refractivity contribution in [3.63, 3.8) is 0 Å². The second-order valence-corrected chi connectivity index (χ2v) is 15.5. The van der Waals surface area contributed by atoms with Gasteiger partial charge in [-0.3, -0.25) is 4.18 Å². The van der Waals surface area contributed by atoms with E-state index >= 15 is 0 Å². The van der Waals surface area contributed by atoms with Crippen LogP contribution < -0.4 is 51.4 Å². The van der Waals surface area contributed by atoms with Crippen LogP contribution in [0.5, 0.6) is 0 Å². The van der Waals surface area contributed by atoms with Crippen LogP contribution in [0.25, 0.3) is 0 Å². The fraction of sp³-hybridized carbons (Fsp3) is 0.951. The quantitative estimate of drug-likeness (QED) is 0.0210. The molecule has 1 atom stereocenters. The van der Waals surface area contributed by atoms with Crippen molar-refractivity contribution >= 4 is 10.4 Å². The van der Waals surface area contributed by atoms with Gasteiger partial charge in [-0.2, -0.15) is 0 Å². The summed E-state index contributed by atoms with van der Waals surface area (Å²) in [4.78, 5) is 0. The number of hydrogen-bond acceptors (Lipinski definition) is 4. The zero-order chi connectivity index (χ0) is 33.7. The Morgan fingerprint density at radius 2 is 0.745 bits per heavy atom. The summed E-state index contributed by atoms with van der Waals surface area (Å²) in [5.74, 6) is 0.0150. The molecule has 0 aromatic carbocycles. The van der Waals surface area contributed by atoms with Gasteiger partial charge in [-0.1, -0.05) is 231 Å². The topological polar surface area (TPSA) is 66.4 Å². The van der Waals surface area contributed by atoms with Gasteiger partial charge in [0.2, 0.25) is 10.4 Å². The summed E-state index contributed by atoms with van der Waals surface area (Å²) >= 11 is 0. The third-order valence-corrected chi connectivity index (χ3v) is 10.2. The van der Waals surface area contributed by atoms with E-state index in [1.165, 1.54) is 205 Å². The van der Waals surface area contributed by atoms with Gasteiger partial charge >= 0.3 is 51.4 Å². The number of allylic oxidation sites excluding steroid dienone is 1. The first-order valence-electron chi connectivity index (χ1n) is 20.8. The zero-order valence-electron chi connectivity index (χ0n) is 32.2. The van der Waals surface area contributed by atoms with Gasteiger partial charge < -0.3 is 4.55 Å². The maximum absolute atomic E-state index is 11.0. The Labute approximate surface area is 339 Å². The summed E-state index contributed by atoms with van der Waals surface area (Å²) in [6, 6.07) is 0. The van der Waals surface area contributed by atoms with Crippen LogP contribution in [-0.2, 0) is 14.6 Å². The molecule has 47 heavy (non-hydrogen) atoms. The van der Waals surface area contributed by atoms with E-state index in [0.29, 0.717) is 0 Å².